The molecule has 0 unspecified atom stereocenters. The Morgan fingerprint density at radius 3 is 1.61 bits per heavy atom. The zero-order valence-corrected chi connectivity index (χ0v) is 12.6. The van der Waals surface area contributed by atoms with Gasteiger partial charge in [0.25, 0.3) is 0 Å². The predicted molar refractivity (Wildman–Crippen MR) is 82.7 cm³/mol. The first-order valence-corrected chi connectivity index (χ1v) is 8.72. The average Bonchev–Trinajstić information content (AvgIpc) is 2.37. The third-order valence-electron chi connectivity index (χ3n) is 4.59. The van der Waals surface area contributed by atoms with Gasteiger partial charge in [-0.3, -0.25) is 0 Å². The summed E-state index contributed by atoms with van der Waals surface area (Å²) in [7, 11) is 0. The van der Waals surface area contributed by atoms with Crippen molar-refractivity contribution in [2.75, 3.05) is 0 Å². The molecule has 0 atom stereocenters. The fourth-order valence-corrected chi connectivity index (χ4v) is 3.32. The maximum absolute atomic E-state index is 3.94. The van der Waals surface area contributed by atoms with E-state index in [1.54, 1.807) is 0 Å². The van der Waals surface area contributed by atoms with Crippen molar-refractivity contribution in [3.05, 3.63) is 6.92 Å². The monoisotopic (exact) mass is 251 g/mol. The summed E-state index contributed by atoms with van der Waals surface area (Å²) in [4.78, 5) is 0. The molecule has 1 radical (unpaired) electrons. The summed E-state index contributed by atoms with van der Waals surface area (Å²) in [5.74, 6) is 1.05. The first kappa shape index (κ1) is 16.1. The topological polar surface area (TPSA) is 0 Å². The Balaban J connectivity index is 2.14. The van der Waals surface area contributed by atoms with Gasteiger partial charge in [0.15, 0.2) is 0 Å². The summed E-state index contributed by atoms with van der Waals surface area (Å²) in [5.41, 5.74) is 0. The van der Waals surface area contributed by atoms with Crippen LogP contribution in [0.1, 0.15) is 103 Å². The quantitative estimate of drug-likeness (QED) is 0.477. The molecule has 0 saturated heterocycles. The minimum absolute atomic E-state index is 1.05. The number of unbranched alkanes of at least 4 members (excludes halogenated alkanes) is 3. The van der Waals surface area contributed by atoms with Gasteiger partial charge < -0.3 is 0 Å². The minimum Gasteiger partial charge on any atom is -0.0533 e. The first-order chi connectivity index (χ1) is 8.93. The maximum Gasteiger partial charge on any atom is -0.0414 e. The molecule has 1 aliphatic carbocycles. The van der Waals surface area contributed by atoms with Crippen molar-refractivity contribution in [1.29, 1.82) is 0 Å². The molecule has 0 heteroatoms. The standard InChI is InChI=1S/C18H35/c1-2-3-4-12-15-18-16-13-10-8-6-5-7-9-11-14-17-18/h18H,1-17H2. The van der Waals surface area contributed by atoms with Gasteiger partial charge >= 0.3 is 0 Å². The first-order valence-electron chi connectivity index (χ1n) is 8.72. The van der Waals surface area contributed by atoms with Crippen molar-refractivity contribution in [1.82, 2.24) is 0 Å². The molecule has 0 aromatic rings. The van der Waals surface area contributed by atoms with Crippen LogP contribution in [0, 0.1) is 12.8 Å². The van der Waals surface area contributed by atoms with Crippen LogP contribution in [0.25, 0.3) is 0 Å². The van der Waals surface area contributed by atoms with Gasteiger partial charge in [-0.25, -0.2) is 0 Å². The Bertz CT molecular complexity index is 147. The molecule has 0 spiro atoms. The Hall–Kier alpha value is 0. The van der Waals surface area contributed by atoms with Crippen LogP contribution in [0.3, 0.4) is 0 Å². The van der Waals surface area contributed by atoms with E-state index in [9.17, 15) is 0 Å². The average molecular weight is 251 g/mol. The van der Waals surface area contributed by atoms with Gasteiger partial charge in [-0.15, -0.1) is 0 Å². The minimum atomic E-state index is 1.05. The fraction of sp³-hybridized carbons (Fsp3) is 0.944. The highest BCUT2D eigenvalue weighted by molar-refractivity contribution is 4.62. The second-order valence-corrected chi connectivity index (χ2v) is 6.33. The van der Waals surface area contributed by atoms with Crippen LogP contribution >= 0.6 is 0 Å². The predicted octanol–water partition coefficient (Wildman–Crippen LogP) is 6.69. The van der Waals surface area contributed by atoms with Crippen molar-refractivity contribution in [2.24, 2.45) is 5.92 Å². The summed E-state index contributed by atoms with van der Waals surface area (Å²) >= 11 is 0. The summed E-state index contributed by atoms with van der Waals surface area (Å²) < 4.78 is 0. The Morgan fingerprint density at radius 2 is 1.11 bits per heavy atom. The zero-order valence-electron chi connectivity index (χ0n) is 12.6. The summed E-state index contributed by atoms with van der Waals surface area (Å²) in [6.07, 6.45) is 23.3. The van der Waals surface area contributed by atoms with E-state index in [1.165, 1.54) is 96.3 Å². The van der Waals surface area contributed by atoms with Crippen molar-refractivity contribution < 1.29 is 0 Å². The lowest BCUT2D eigenvalue weighted by Gasteiger charge is -2.17. The second-order valence-electron chi connectivity index (χ2n) is 6.33. The van der Waals surface area contributed by atoms with Crippen LogP contribution in [-0.4, -0.2) is 0 Å². The molecule has 0 heterocycles. The van der Waals surface area contributed by atoms with Crippen LogP contribution in [0.4, 0.5) is 0 Å². The summed E-state index contributed by atoms with van der Waals surface area (Å²) in [6.45, 7) is 3.94. The molecule has 0 nitrogen and oxygen atoms in total. The molecule has 0 aliphatic heterocycles. The van der Waals surface area contributed by atoms with Crippen molar-refractivity contribution in [3.8, 4) is 0 Å². The van der Waals surface area contributed by atoms with E-state index in [1.807, 2.05) is 0 Å². The Kier molecular flexibility index (Phi) is 10.8. The van der Waals surface area contributed by atoms with E-state index >= 15 is 0 Å². The molecule has 18 heavy (non-hydrogen) atoms. The lowest BCUT2D eigenvalue weighted by molar-refractivity contribution is 0.362. The molecule has 0 N–H and O–H groups in total. The SMILES string of the molecule is [CH2]CCCCCC1CCCCCCCCCCC1. The van der Waals surface area contributed by atoms with Gasteiger partial charge in [-0.1, -0.05) is 110 Å². The van der Waals surface area contributed by atoms with Gasteiger partial charge in [0, 0.05) is 0 Å². The van der Waals surface area contributed by atoms with Crippen molar-refractivity contribution >= 4 is 0 Å². The highest BCUT2D eigenvalue weighted by Crippen LogP contribution is 2.25. The molecule has 0 aromatic heterocycles. The van der Waals surface area contributed by atoms with E-state index < -0.39 is 0 Å². The largest absolute Gasteiger partial charge is 0.0533 e. The highest BCUT2D eigenvalue weighted by atomic mass is 14.1. The third-order valence-corrected chi connectivity index (χ3v) is 4.59. The van der Waals surface area contributed by atoms with Crippen molar-refractivity contribution in [3.63, 3.8) is 0 Å². The van der Waals surface area contributed by atoms with Crippen LogP contribution in [-0.2, 0) is 0 Å². The Morgan fingerprint density at radius 1 is 0.611 bits per heavy atom. The van der Waals surface area contributed by atoms with Crippen LogP contribution in [0.15, 0.2) is 0 Å². The molecule has 1 fully saturated rings. The van der Waals surface area contributed by atoms with Crippen molar-refractivity contribution in [2.45, 2.75) is 103 Å². The molecule has 107 valence electrons. The van der Waals surface area contributed by atoms with Gasteiger partial charge in [-0.2, -0.15) is 0 Å². The molecule has 1 saturated carbocycles. The second kappa shape index (κ2) is 12.1. The molecular formula is C18H35. The highest BCUT2D eigenvalue weighted by Gasteiger charge is 2.09. The van der Waals surface area contributed by atoms with Gasteiger partial charge in [0.05, 0.1) is 0 Å². The fourth-order valence-electron chi connectivity index (χ4n) is 3.32. The van der Waals surface area contributed by atoms with E-state index in [0.717, 1.165) is 12.3 Å². The summed E-state index contributed by atoms with van der Waals surface area (Å²) in [5, 5.41) is 0. The third kappa shape index (κ3) is 9.00. The maximum atomic E-state index is 3.94. The van der Waals surface area contributed by atoms with E-state index in [2.05, 4.69) is 6.92 Å². The number of hydrogen-bond donors (Lipinski definition) is 0. The molecule has 0 amide bonds. The number of hydrogen-bond acceptors (Lipinski definition) is 0. The lowest BCUT2D eigenvalue weighted by atomic mass is 9.89. The van der Waals surface area contributed by atoms with Gasteiger partial charge in [0.2, 0.25) is 0 Å². The zero-order chi connectivity index (χ0) is 12.9. The smallest absolute Gasteiger partial charge is 0.0414 e. The molecule has 0 aromatic carbocycles. The van der Waals surface area contributed by atoms with E-state index in [-0.39, 0.29) is 0 Å². The van der Waals surface area contributed by atoms with Crippen LogP contribution in [0.2, 0.25) is 0 Å². The molecular weight excluding hydrogens is 216 g/mol. The van der Waals surface area contributed by atoms with E-state index in [4.69, 9.17) is 0 Å². The number of rotatable bonds is 5. The molecule has 0 bridgehead atoms. The molecule has 1 aliphatic rings. The lowest BCUT2D eigenvalue weighted by Crippen LogP contribution is -2.02. The normalized spacial score (nSPS) is 21.2. The molecule has 1 rings (SSSR count). The van der Waals surface area contributed by atoms with E-state index in [0.29, 0.717) is 0 Å². The van der Waals surface area contributed by atoms with Gasteiger partial charge in [-0.05, 0) is 5.92 Å². The summed E-state index contributed by atoms with van der Waals surface area (Å²) in [6, 6.07) is 0. The van der Waals surface area contributed by atoms with Crippen LogP contribution < -0.4 is 0 Å². The van der Waals surface area contributed by atoms with Gasteiger partial charge in [0.1, 0.15) is 0 Å². The Labute approximate surface area is 116 Å². The van der Waals surface area contributed by atoms with Crippen LogP contribution in [0.5, 0.6) is 0 Å².